The Bertz CT molecular complexity index is 68.7. The van der Waals surface area contributed by atoms with E-state index in [1.54, 1.807) is 0 Å². The topological polar surface area (TPSA) is 0 Å². The van der Waals surface area contributed by atoms with Gasteiger partial charge in [0.15, 0.2) is 0 Å². The summed E-state index contributed by atoms with van der Waals surface area (Å²) in [6.07, 6.45) is 1.19. The number of alkyl halides is 1. The molecule has 0 aliphatic carbocycles. The molecule has 1 fully saturated rings. The molecule has 54 valence electrons. The van der Waals surface area contributed by atoms with E-state index in [4.69, 9.17) is 11.6 Å². The minimum absolute atomic E-state index is 0.832. The molecule has 0 aromatic carbocycles. The lowest BCUT2D eigenvalue weighted by molar-refractivity contribution is 0.918. The van der Waals surface area contributed by atoms with Crippen molar-refractivity contribution in [3.05, 3.63) is 0 Å². The van der Waals surface area contributed by atoms with Crippen molar-refractivity contribution in [2.24, 2.45) is 0 Å². The van der Waals surface area contributed by atoms with E-state index in [2.05, 4.69) is 23.5 Å². The smallest absolute Gasteiger partial charge is 0.0234 e. The molecule has 9 heavy (non-hydrogen) atoms. The van der Waals surface area contributed by atoms with E-state index in [1.165, 1.54) is 23.7 Å². The first-order valence-corrected chi connectivity index (χ1v) is 5.92. The summed E-state index contributed by atoms with van der Waals surface area (Å²) in [6, 6.07) is 0. The van der Waals surface area contributed by atoms with Crippen molar-refractivity contribution in [1.29, 1.82) is 0 Å². The van der Waals surface area contributed by atoms with Crippen LogP contribution in [0.15, 0.2) is 0 Å². The molecule has 0 aromatic heterocycles. The summed E-state index contributed by atoms with van der Waals surface area (Å²) in [6.45, 7) is 0. The Morgan fingerprint density at radius 1 is 1.44 bits per heavy atom. The fourth-order valence-corrected chi connectivity index (χ4v) is 3.96. The summed E-state index contributed by atoms with van der Waals surface area (Å²) in [4.78, 5) is 0. The lowest BCUT2D eigenvalue weighted by Gasteiger charge is -2.19. The molecule has 1 unspecified atom stereocenters. The molecule has 0 N–H and O–H groups in total. The average Bonchev–Trinajstić information content (AvgIpc) is 1.91. The summed E-state index contributed by atoms with van der Waals surface area (Å²) in [5, 5.41) is 0.848. The molecule has 3 heteroatoms. The largest absolute Gasteiger partial charge is 0.160 e. The molecule has 0 saturated carbocycles. The maximum absolute atomic E-state index is 5.61. The van der Waals surface area contributed by atoms with E-state index in [0.29, 0.717) is 0 Å². The molecule has 0 bridgehead atoms. The normalized spacial score (nSPS) is 28.3. The molecule has 1 aliphatic rings. The van der Waals surface area contributed by atoms with Gasteiger partial charge in [-0.1, -0.05) is 0 Å². The van der Waals surface area contributed by atoms with Gasteiger partial charge < -0.3 is 0 Å². The van der Waals surface area contributed by atoms with Crippen molar-refractivity contribution < 1.29 is 0 Å². The maximum atomic E-state index is 5.61. The van der Waals surface area contributed by atoms with Gasteiger partial charge >= 0.3 is 0 Å². The minimum Gasteiger partial charge on any atom is -0.160 e. The fraction of sp³-hybridized carbons (Fsp3) is 1.00. The zero-order valence-corrected chi connectivity index (χ0v) is 7.70. The molecule has 1 atom stereocenters. The summed E-state index contributed by atoms with van der Waals surface area (Å²) < 4.78 is 0. The SMILES string of the molecule is ClCCC1CSCCS1. The second-order valence-electron chi connectivity index (χ2n) is 2.05. The van der Waals surface area contributed by atoms with Crippen LogP contribution in [0.1, 0.15) is 6.42 Å². The Hall–Kier alpha value is 0.990. The second kappa shape index (κ2) is 4.75. The lowest BCUT2D eigenvalue weighted by atomic mass is 10.4. The highest BCUT2D eigenvalue weighted by Crippen LogP contribution is 2.26. The summed E-state index contributed by atoms with van der Waals surface area (Å²) in [5.41, 5.74) is 0. The van der Waals surface area contributed by atoms with Gasteiger partial charge in [0.25, 0.3) is 0 Å². The van der Waals surface area contributed by atoms with Crippen LogP contribution in [0.25, 0.3) is 0 Å². The summed E-state index contributed by atoms with van der Waals surface area (Å²) in [5.74, 6) is 4.81. The van der Waals surface area contributed by atoms with E-state index in [0.717, 1.165) is 11.1 Å². The number of hydrogen-bond donors (Lipinski definition) is 0. The first-order chi connectivity index (χ1) is 4.43. The van der Waals surface area contributed by atoms with E-state index in [1.807, 2.05) is 0 Å². The molecular weight excluding hydrogens is 172 g/mol. The van der Waals surface area contributed by atoms with Crippen LogP contribution in [0.4, 0.5) is 0 Å². The summed E-state index contributed by atoms with van der Waals surface area (Å²) >= 11 is 9.76. The first kappa shape index (κ1) is 8.09. The van der Waals surface area contributed by atoms with Crippen LogP contribution in [-0.4, -0.2) is 28.4 Å². The van der Waals surface area contributed by atoms with Crippen LogP contribution in [0.2, 0.25) is 0 Å². The highest BCUT2D eigenvalue weighted by Gasteiger charge is 2.12. The number of thioether (sulfide) groups is 2. The highest BCUT2D eigenvalue weighted by atomic mass is 35.5. The standard InChI is InChI=1S/C6H11ClS2/c7-2-1-6-5-8-3-4-9-6/h6H,1-5H2. The molecular formula is C6H11ClS2. The second-order valence-corrected chi connectivity index (χ2v) is 4.98. The summed E-state index contributed by atoms with van der Waals surface area (Å²) in [7, 11) is 0. The fourth-order valence-electron chi connectivity index (χ4n) is 0.825. The molecule has 1 saturated heterocycles. The van der Waals surface area contributed by atoms with Gasteiger partial charge in [-0.25, -0.2) is 0 Å². The van der Waals surface area contributed by atoms with E-state index >= 15 is 0 Å². The highest BCUT2D eigenvalue weighted by molar-refractivity contribution is 8.06. The molecule has 0 nitrogen and oxygen atoms in total. The van der Waals surface area contributed by atoms with Crippen molar-refractivity contribution >= 4 is 35.1 Å². The van der Waals surface area contributed by atoms with Gasteiger partial charge in [0, 0.05) is 28.4 Å². The van der Waals surface area contributed by atoms with Crippen LogP contribution in [0.3, 0.4) is 0 Å². The van der Waals surface area contributed by atoms with Crippen LogP contribution in [0, 0.1) is 0 Å². The number of hydrogen-bond acceptors (Lipinski definition) is 2. The molecule has 0 aromatic rings. The predicted molar refractivity (Wildman–Crippen MR) is 48.9 cm³/mol. The predicted octanol–water partition coefficient (Wildman–Crippen LogP) is 2.46. The zero-order valence-electron chi connectivity index (χ0n) is 5.31. The number of halogens is 1. The van der Waals surface area contributed by atoms with E-state index in [-0.39, 0.29) is 0 Å². The molecule has 1 rings (SSSR count). The molecule has 0 amide bonds. The Labute approximate surface area is 70.1 Å². The van der Waals surface area contributed by atoms with Gasteiger partial charge in [-0.3, -0.25) is 0 Å². The van der Waals surface area contributed by atoms with E-state index in [9.17, 15) is 0 Å². The zero-order chi connectivity index (χ0) is 6.53. The third-order valence-electron chi connectivity index (χ3n) is 1.32. The van der Waals surface area contributed by atoms with Crippen LogP contribution >= 0.6 is 35.1 Å². The van der Waals surface area contributed by atoms with Crippen molar-refractivity contribution in [1.82, 2.24) is 0 Å². The van der Waals surface area contributed by atoms with Crippen LogP contribution in [-0.2, 0) is 0 Å². The van der Waals surface area contributed by atoms with Crippen molar-refractivity contribution in [3.63, 3.8) is 0 Å². The molecule has 1 heterocycles. The Balaban J connectivity index is 2.08. The van der Waals surface area contributed by atoms with Gasteiger partial charge in [0.2, 0.25) is 0 Å². The molecule has 1 aliphatic heterocycles. The first-order valence-electron chi connectivity index (χ1n) is 3.19. The van der Waals surface area contributed by atoms with Crippen LogP contribution in [0.5, 0.6) is 0 Å². The number of rotatable bonds is 2. The van der Waals surface area contributed by atoms with E-state index < -0.39 is 0 Å². The minimum atomic E-state index is 0.832. The lowest BCUT2D eigenvalue weighted by Crippen LogP contribution is -2.13. The Morgan fingerprint density at radius 2 is 2.33 bits per heavy atom. The van der Waals surface area contributed by atoms with Crippen molar-refractivity contribution in [2.75, 3.05) is 23.1 Å². The van der Waals surface area contributed by atoms with Crippen molar-refractivity contribution in [3.8, 4) is 0 Å². The quantitative estimate of drug-likeness (QED) is 0.602. The van der Waals surface area contributed by atoms with Gasteiger partial charge in [-0.05, 0) is 6.42 Å². The van der Waals surface area contributed by atoms with Gasteiger partial charge in [0.1, 0.15) is 0 Å². The third-order valence-corrected chi connectivity index (χ3v) is 4.45. The van der Waals surface area contributed by atoms with Crippen molar-refractivity contribution in [2.45, 2.75) is 11.7 Å². The van der Waals surface area contributed by atoms with Crippen LogP contribution < -0.4 is 0 Å². The average molecular weight is 183 g/mol. The van der Waals surface area contributed by atoms with Gasteiger partial charge in [0.05, 0.1) is 0 Å². The van der Waals surface area contributed by atoms with Gasteiger partial charge in [-0.2, -0.15) is 23.5 Å². The Morgan fingerprint density at radius 3 is 2.89 bits per heavy atom. The third kappa shape index (κ3) is 3.06. The maximum Gasteiger partial charge on any atom is 0.0234 e. The molecule has 0 radical (unpaired) electrons. The molecule has 0 spiro atoms. The Kier molecular flexibility index (Phi) is 4.27. The van der Waals surface area contributed by atoms with Gasteiger partial charge in [-0.15, -0.1) is 11.6 Å². The monoisotopic (exact) mass is 182 g/mol.